The van der Waals surface area contributed by atoms with Crippen LogP contribution in [0.1, 0.15) is 29.3 Å². The molecule has 0 radical (unpaired) electrons. The third kappa shape index (κ3) is 2.22. The Labute approximate surface area is 107 Å². The van der Waals surface area contributed by atoms with Gasteiger partial charge in [-0.1, -0.05) is 12.1 Å². The first-order valence-electron chi connectivity index (χ1n) is 6.34. The smallest absolute Gasteiger partial charge is 0.0541 e. The molecule has 3 rings (SSSR count). The molecule has 0 saturated heterocycles. The monoisotopic (exact) mass is 239 g/mol. The maximum Gasteiger partial charge on any atom is 0.0541 e. The molecule has 3 nitrogen and oxygen atoms in total. The predicted octanol–water partition coefficient (Wildman–Crippen LogP) is 2.44. The Hall–Kier alpha value is -1.87. The number of hydrogen-bond donors (Lipinski definition) is 2. The molecule has 1 atom stereocenters. The van der Waals surface area contributed by atoms with Gasteiger partial charge in [-0.3, -0.25) is 4.98 Å². The van der Waals surface area contributed by atoms with Gasteiger partial charge in [-0.2, -0.15) is 0 Å². The minimum Gasteiger partial charge on any atom is -0.399 e. The van der Waals surface area contributed by atoms with Crippen LogP contribution >= 0.6 is 0 Å². The number of anilines is 1. The molecule has 92 valence electrons. The number of benzene rings is 1. The molecule has 1 aromatic heterocycles. The van der Waals surface area contributed by atoms with Crippen LogP contribution in [0, 0.1) is 0 Å². The lowest BCUT2D eigenvalue weighted by Crippen LogP contribution is -2.19. The first kappa shape index (κ1) is 11.2. The van der Waals surface area contributed by atoms with E-state index in [1.54, 1.807) is 0 Å². The second-order valence-electron chi connectivity index (χ2n) is 4.75. The molecule has 0 saturated carbocycles. The average Bonchev–Trinajstić information content (AvgIpc) is 2.80. The van der Waals surface area contributed by atoms with Crippen LogP contribution in [0.5, 0.6) is 0 Å². The summed E-state index contributed by atoms with van der Waals surface area (Å²) in [5, 5.41) is 3.57. The zero-order chi connectivity index (χ0) is 12.4. The van der Waals surface area contributed by atoms with Gasteiger partial charge in [0.1, 0.15) is 0 Å². The SMILES string of the molecule is Nc1ccc2c(c1)CCC2NCc1ccccn1. The van der Waals surface area contributed by atoms with Gasteiger partial charge in [-0.15, -0.1) is 0 Å². The van der Waals surface area contributed by atoms with Gasteiger partial charge >= 0.3 is 0 Å². The Morgan fingerprint density at radius 2 is 2.22 bits per heavy atom. The van der Waals surface area contributed by atoms with Gasteiger partial charge in [0.25, 0.3) is 0 Å². The predicted molar refractivity (Wildman–Crippen MR) is 73.0 cm³/mol. The standard InChI is InChI=1S/C15H17N3/c16-12-5-6-14-11(9-12)4-7-15(14)18-10-13-3-1-2-8-17-13/h1-3,5-6,8-9,15,18H,4,7,10,16H2. The molecule has 0 bridgehead atoms. The van der Waals surface area contributed by atoms with Crippen molar-refractivity contribution in [2.45, 2.75) is 25.4 Å². The van der Waals surface area contributed by atoms with E-state index < -0.39 is 0 Å². The van der Waals surface area contributed by atoms with Gasteiger partial charge in [0, 0.05) is 24.5 Å². The van der Waals surface area contributed by atoms with Crippen LogP contribution in [-0.4, -0.2) is 4.98 Å². The summed E-state index contributed by atoms with van der Waals surface area (Å²) in [5.41, 5.74) is 10.5. The molecular weight excluding hydrogens is 222 g/mol. The van der Waals surface area contributed by atoms with Crippen molar-refractivity contribution >= 4 is 5.69 Å². The highest BCUT2D eigenvalue weighted by Crippen LogP contribution is 2.32. The summed E-state index contributed by atoms with van der Waals surface area (Å²) < 4.78 is 0. The van der Waals surface area contributed by atoms with Crippen LogP contribution in [0.4, 0.5) is 5.69 Å². The van der Waals surface area contributed by atoms with Crippen molar-refractivity contribution in [3.63, 3.8) is 0 Å². The first-order valence-corrected chi connectivity index (χ1v) is 6.34. The molecule has 0 fully saturated rings. The van der Waals surface area contributed by atoms with E-state index in [0.29, 0.717) is 6.04 Å². The minimum atomic E-state index is 0.433. The van der Waals surface area contributed by atoms with E-state index in [2.05, 4.69) is 22.4 Å². The Balaban J connectivity index is 1.70. The van der Waals surface area contributed by atoms with Crippen molar-refractivity contribution in [3.05, 3.63) is 59.4 Å². The summed E-state index contributed by atoms with van der Waals surface area (Å²) >= 11 is 0. The molecule has 1 aromatic carbocycles. The number of rotatable bonds is 3. The third-order valence-corrected chi connectivity index (χ3v) is 3.50. The largest absolute Gasteiger partial charge is 0.399 e. The van der Waals surface area contributed by atoms with E-state index in [4.69, 9.17) is 5.73 Å². The van der Waals surface area contributed by atoms with E-state index in [0.717, 1.165) is 30.8 Å². The Morgan fingerprint density at radius 3 is 3.06 bits per heavy atom. The van der Waals surface area contributed by atoms with E-state index >= 15 is 0 Å². The summed E-state index contributed by atoms with van der Waals surface area (Å²) in [6.45, 7) is 0.815. The highest BCUT2D eigenvalue weighted by molar-refractivity contribution is 5.47. The molecule has 18 heavy (non-hydrogen) atoms. The van der Waals surface area contributed by atoms with E-state index in [9.17, 15) is 0 Å². The number of fused-ring (bicyclic) bond motifs is 1. The van der Waals surface area contributed by atoms with E-state index in [1.807, 2.05) is 30.5 Å². The van der Waals surface area contributed by atoms with Gasteiger partial charge < -0.3 is 11.1 Å². The summed E-state index contributed by atoms with van der Waals surface area (Å²) in [4.78, 5) is 4.33. The van der Waals surface area contributed by atoms with Crippen LogP contribution in [0.15, 0.2) is 42.6 Å². The zero-order valence-electron chi connectivity index (χ0n) is 10.3. The van der Waals surface area contributed by atoms with Crippen LogP contribution in [0.3, 0.4) is 0 Å². The van der Waals surface area contributed by atoms with Crippen LogP contribution < -0.4 is 11.1 Å². The maximum atomic E-state index is 5.81. The Kier molecular flexibility index (Phi) is 2.99. The maximum absolute atomic E-state index is 5.81. The van der Waals surface area contributed by atoms with Gasteiger partial charge in [-0.05, 0) is 48.2 Å². The average molecular weight is 239 g/mol. The summed E-state index contributed by atoms with van der Waals surface area (Å²) in [6, 6.07) is 12.7. The normalized spacial score (nSPS) is 17.7. The van der Waals surface area contributed by atoms with Gasteiger partial charge in [0.05, 0.1) is 5.69 Å². The molecule has 1 unspecified atom stereocenters. The lowest BCUT2D eigenvalue weighted by Gasteiger charge is -2.13. The number of pyridine rings is 1. The molecule has 1 aliphatic rings. The minimum absolute atomic E-state index is 0.433. The van der Waals surface area contributed by atoms with Gasteiger partial charge in [0.15, 0.2) is 0 Å². The fourth-order valence-corrected chi connectivity index (χ4v) is 2.58. The summed E-state index contributed by atoms with van der Waals surface area (Å²) in [6.07, 6.45) is 4.09. The van der Waals surface area contributed by atoms with Crippen molar-refractivity contribution in [1.29, 1.82) is 0 Å². The van der Waals surface area contributed by atoms with Crippen molar-refractivity contribution in [2.24, 2.45) is 0 Å². The van der Waals surface area contributed by atoms with Crippen molar-refractivity contribution in [1.82, 2.24) is 10.3 Å². The zero-order valence-corrected chi connectivity index (χ0v) is 10.3. The number of nitrogens with zero attached hydrogens (tertiary/aromatic N) is 1. The molecule has 3 N–H and O–H groups in total. The molecule has 0 aliphatic heterocycles. The van der Waals surface area contributed by atoms with Gasteiger partial charge in [-0.25, -0.2) is 0 Å². The number of nitrogens with one attached hydrogen (secondary N) is 1. The molecule has 0 spiro atoms. The summed E-state index contributed by atoms with van der Waals surface area (Å²) in [7, 11) is 0. The van der Waals surface area contributed by atoms with Crippen LogP contribution in [-0.2, 0) is 13.0 Å². The number of aromatic nitrogens is 1. The second-order valence-corrected chi connectivity index (χ2v) is 4.75. The van der Waals surface area contributed by atoms with Crippen molar-refractivity contribution in [3.8, 4) is 0 Å². The lowest BCUT2D eigenvalue weighted by molar-refractivity contribution is 0.525. The molecule has 3 heteroatoms. The second kappa shape index (κ2) is 4.78. The fourth-order valence-electron chi connectivity index (χ4n) is 2.58. The van der Waals surface area contributed by atoms with E-state index in [1.165, 1.54) is 11.1 Å². The quantitative estimate of drug-likeness (QED) is 0.809. The fraction of sp³-hybridized carbons (Fsp3) is 0.267. The topological polar surface area (TPSA) is 50.9 Å². The van der Waals surface area contributed by atoms with Gasteiger partial charge in [0.2, 0.25) is 0 Å². The van der Waals surface area contributed by atoms with Crippen molar-refractivity contribution < 1.29 is 0 Å². The number of nitrogen functional groups attached to an aromatic ring is 1. The highest BCUT2D eigenvalue weighted by atomic mass is 14.9. The Bertz CT molecular complexity index is 537. The highest BCUT2D eigenvalue weighted by Gasteiger charge is 2.21. The number of hydrogen-bond acceptors (Lipinski definition) is 3. The van der Waals surface area contributed by atoms with Crippen molar-refractivity contribution in [2.75, 3.05) is 5.73 Å². The molecule has 0 amide bonds. The van der Waals surface area contributed by atoms with Crippen LogP contribution in [0.25, 0.3) is 0 Å². The first-order chi connectivity index (χ1) is 8.83. The number of aryl methyl sites for hydroxylation is 1. The lowest BCUT2D eigenvalue weighted by atomic mass is 10.1. The Morgan fingerprint density at radius 1 is 1.28 bits per heavy atom. The third-order valence-electron chi connectivity index (χ3n) is 3.50. The molecule has 1 aliphatic carbocycles. The van der Waals surface area contributed by atoms with E-state index in [-0.39, 0.29) is 0 Å². The van der Waals surface area contributed by atoms with Crippen LogP contribution in [0.2, 0.25) is 0 Å². The molecular formula is C15H17N3. The molecule has 1 heterocycles. The molecule has 2 aromatic rings. The number of nitrogens with two attached hydrogens (primary N) is 1. The summed E-state index contributed by atoms with van der Waals surface area (Å²) in [5.74, 6) is 0.